The second-order valence-corrected chi connectivity index (χ2v) is 9.67. The average molecular weight is 493 g/mol. The molecule has 0 radical (unpaired) electrons. The molecule has 1 saturated carbocycles. The van der Waals surface area contributed by atoms with Crippen LogP contribution >= 0.6 is 0 Å². The molecule has 0 bridgehead atoms. The number of nitrogens with one attached hydrogen (secondary N) is 1. The first-order chi connectivity index (χ1) is 18.2. The highest BCUT2D eigenvalue weighted by atomic mass is 16.5. The van der Waals surface area contributed by atoms with Gasteiger partial charge in [-0.3, -0.25) is 9.78 Å². The number of hydrogen-bond donors (Lipinski definition) is 1. The van der Waals surface area contributed by atoms with E-state index < -0.39 is 0 Å². The lowest BCUT2D eigenvalue weighted by molar-refractivity contribution is 0.0256. The van der Waals surface area contributed by atoms with Gasteiger partial charge in [0.25, 0.3) is 5.91 Å². The molecule has 0 atom stereocenters. The molecule has 1 saturated heterocycles. The van der Waals surface area contributed by atoms with Crippen LogP contribution in [-0.2, 0) is 4.74 Å². The molecule has 7 heteroatoms. The number of fused-ring (bicyclic) bond motifs is 1. The maximum absolute atomic E-state index is 12.5. The van der Waals surface area contributed by atoms with Crippen molar-refractivity contribution in [2.45, 2.75) is 44.2 Å². The molecule has 2 fully saturated rings. The van der Waals surface area contributed by atoms with Crippen LogP contribution in [0.5, 0.6) is 5.75 Å². The van der Waals surface area contributed by atoms with Crippen LogP contribution in [0.2, 0.25) is 0 Å². The first kappa shape index (κ1) is 23.3. The minimum absolute atomic E-state index is 0.155. The largest absolute Gasteiger partial charge is 0.490 e. The molecule has 3 heterocycles. The normalized spacial score (nSPS) is 16.2. The molecule has 0 spiro atoms. The minimum atomic E-state index is -0.209. The van der Waals surface area contributed by atoms with Gasteiger partial charge in [0.1, 0.15) is 17.9 Å². The molecule has 2 aliphatic rings. The molecule has 1 N–H and O–H groups in total. The minimum Gasteiger partial charge on any atom is -0.490 e. The van der Waals surface area contributed by atoms with Crippen molar-refractivity contribution in [3.63, 3.8) is 0 Å². The van der Waals surface area contributed by atoms with Gasteiger partial charge in [0.2, 0.25) is 0 Å². The number of ether oxygens (including phenoxy) is 2. The van der Waals surface area contributed by atoms with E-state index in [1.807, 2.05) is 36.4 Å². The Bertz CT molecular complexity index is 1460. The number of hydrogen-bond acceptors (Lipinski definition) is 5. The molecule has 7 nitrogen and oxygen atoms in total. The second kappa shape index (κ2) is 10.1. The zero-order chi connectivity index (χ0) is 25.2. The number of carbonyl (C=O) groups excluding carboxylic acids is 1. The van der Waals surface area contributed by atoms with Crippen LogP contribution in [-0.4, -0.2) is 34.8 Å². The number of carbonyl (C=O) groups is 1. The first-order valence-corrected chi connectivity index (χ1v) is 12.9. The summed E-state index contributed by atoms with van der Waals surface area (Å²) in [5.74, 6) is 0.626. The van der Waals surface area contributed by atoms with E-state index in [4.69, 9.17) is 9.47 Å². The molecular weight excluding hydrogens is 464 g/mol. The zero-order valence-corrected chi connectivity index (χ0v) is 20.5. The summed E-state index contributed by atoms with van der Waals surface area (Å²) in [5.41, 5.74) is 4.78. The Morgan fingerprint density at radius 2 is 1.89 bits per heavy atom. The van der Waals surface area contributed by atoms with E-state index in [2.05, 4.69) is 27.0 Å². The van der Waals surface area contributed by atoms with Crippen molar-refractivity contribution < 1.29 is 14.3 Å². The van der Waals surface area contributed by atoms with Gasteiger partial charge in [-0.2, -0.15) is 5.26 Å². The third-order valence-electron chi connectivity index (χ3n) is 7.34. The predicted octanol–water partition coefficient (Wildman–Crippen LogP) is 6.11. The third kappa shape index (κ3) is 4.56. The van der Waals surface area contributed by atoms with E-state index >= 15 is 0 Å². The molecule has 1 aliphatic carbocycles. The monoisotopic (exact) mass is 492 g/mol. The number of pyridine rings is 1. The van der Waals surface area contributed by atoms with Gasteiger partial charge in [0.05, 0.1) is 35.6 Å². The highest BCUT2D eigenvalue weighted by Crippen LogP contribution is 2.43. The molecule has 0 unspecified atom stereocenters. The van der Waals surface area contributed by atoms with Crippen LogP contribution in [0.1, 0.15) is 54.1 Å². The fourth-order valence-corrected chi connectivity index (χ4v) is 5.18. The average Bonchev–Trinajstić information content (AvgIpc) is 3.22. The summed E-state index contributed by atoms with van der Waals surface area (Å²) in [6.45, 7) is 1.46. The molecule has 1 amide bonds. The Labute approximate surface area is 215 Å². The molecule has 2 aromatic carbocycles. The number of anilines is 1. The maximum atomic E-state index is 12.5. The van der Waals surface area contributed by atoms with Gasteiger partial charge in [0.15, 0.2) is 0 Å². The van der Waals surface area contributed by atoms with E-state index in [1.54, 1.807) is 24.5 Å². The summed E-state index contributed by atoms with van der Waals surface area (Å²) in [5, 5.41) is 14.1. The number of aromatic nitrogens is 2. The van der Waals surface area contributed by atoms with E-state index in [1.165, 1.54) is 6.42 Å². The highest BCUT2D eigenvalue weighted by Gasteiger charge is 2.28. The molecule has 1 aliphatic heterocycles. The zero-order valence-electron chi connectivity index (χ0n) is 20.5. The van der Waals surface area contributed by atoms with Gasteiger partial charge in [-0.15, -0.1) is 0 Å². The van der Waals surface area contributed by atoms with E-state index in [9.17, 15) is 10.1 Å². The lowest BCUT2D eigenvalue weighted by Crippen LogP contribution is -2.25. The van der Waals surface area contributed by atoms with E-state index in [-0.39, 0.29) is 12.0 Å². The standard InChI is InChI=1S/C30H28N4O3/c31-18-27-26-11-10-25(37-24-12-15-36-16-13-24)17-28(26)34(23-4-1-5-23)29(27)20-6-8-22(9-7-20)33-30(35)21-3-2-14-32-19-21/h2-3,6-11,14,17,19,23-24H,1,4-5,12-13,15-16H2,(H,33,35). The lowest BCUT2D eigenvalue weighted by atomic mass is 9.92. The fraction of sp³-hybridized carbons (Fsp3) is 0.300. The summed E-state index contributed by atoms with van der Waals surface area (Å²) in [4.78, 5) is 16.5. The van der Waals surface area contributed by atoms with Crippen LogP contribution in [0.4, 0.5) is 5.69 Å². The Morgan fingerprint density at radius 3 is 2.57 bits per heavy atom. The molecule has 6 rings (SSSR count). The number of benzene rings is 2. The van der Waals surface area contributed by atoms with Crippen LogP contribution in [0.3, 0.4) is 0 Å². The van der Waals surface area contributed by atoms with Gasteiger partial charge in [-0.05, 0) is 61.2 Å². The van der Waals surface area contributed by atoms with Crippen molar-refractivity contribution in [2.75, 3.05) is 18.5 Å². The summed E-state index contributed by atoms with van der Waals surface area (Å²) >= 11 is 0. The van der Waals surface area contributed by atoms with Crippen molar-refractivity contribution in [1.82, 2.24) is 9.55 Å². The van der Waals surface area contributed by atoms with Crippen molar-refractivity contribution in [2.24, 2.45) is 0 Å². The predicted molar refractivity (Wildman–Crippen MR) is 142 cm³/mol. The number of nitrogens with zero attached hydrogens (tertiary/aromatic N) is 3. The highest BCUT2D eigenvalue weighted by molar-refractivity contribution is 6.04. The third-order valence-corrected chi connectivity index (χ3v) is 7.34. The maximum Gasteiger partial charge on any atom is 0.257 e. The van der Waals surface area contributed by atoms with Crippen LogP contribution in [0, 0.1) is 11.3 Å². The molecular formula is C30H28N4O3. The van der Waals surface area contributed by atoms with Gasteiger partial charge in [-0.1, -0.05) is 12.1 Å². The smallest absolute Gasteiger partial charge is 0.257 e. The van der Waals surface area contributed by atoms with Gasteiger partial charge in [-0.25, -0.2) is 0 Å². The Morgan fingerprint density at radius 1 is 1.08 bits per heavy atom. The van der Waals surface area contributed by atoms with Crippen molar-refractivity contribution in [1.29, 1.82) is 5.26 Å². The Balaban J connectivity index is 1.35. The van der Waals surface area contributed by atoms with Crippen molar-refractivity contribution in [3.05, 3.63) is 78.1 Å². The topological polar surface area (TPSA) is 89.2 Å². The van der Waals surface area contributed by atoms with Crippen molar-refractivity contribution in [3.8, 4) is 23.1 Å². The molecule has 4 aromatic rings. The fourth-order valence-electron chi connectivity index (χ4n) is 5.18. The second-order valence-electron chi connectivity index (χ2n) is 9.67. The van der Waals surface area contributed by atoms with Crippen molar-refractivity contribution >= 4 is 22.5 Å². The Hall–Kier alpha value is -4.15. The summed E-state index contributed by atoms with van der Waals surface area (Å²) < 4.78 is 14.1. The Kier molecular flexibility index (Phi) is 6.33. The lowest BCUT2D eigenvalue weighted by Gasteiger charge is -2.30. The molecule has 186 valence electrons. The van der Waals surface area contributed by atoms with Crippen LogP contribution in [0.25, 0.3) is 22.2 Å². The quantitative estimate of drug-likeness (QED) is 0.351. The van der Waals surface area contributed by atoms with Gasteiger partial charge < -0.3 is 19.4 Å². The summed E-state index contributed by atoms with van der Waals surface area (Å²) in [6.07, 6.45) is 8.48. The van der Waals surface area contributed by atoms with Gasteiger partial charge in [0, 0.05) is 48.4 Å². The molecule has 37 heavy (non-hydrogen) atoms. The summed E-state index contributed by atoms with van der Waals surface area (Å²) in [7, 11) is 0. The van der Waals surface area contributed by atoms with E-state index in [0.29, 0.717) is 22.9 Å². The number of rotatable bonds is 6. The molecule has 2 aromatic heterocycles. The number of nitriles is 1. The van der Waals surface area contributed by atoms with Gasteiger partial charge >= 0.3 is 0 Å². The summed E-state index contributed by atoms with van der Waals surface area (Å²) in [6, 6.07) is 20.1. The first-order valence-electron chi connectivity index (χ1n) is 12.9. The van der Waals surface area contributed by atoms with E-state index in [0.717, 1.165) is 66.8 Å². The van der Waals surface area contributed by atoms with Crippen LogP contribution in [0.15, 0.2) is 67.0 Å². The SMILES string of the molecule is N#Cc1c(-c2ccc(NC(=O)c3cccnc3)cc2)n(C2CCC2)c2cc(OC3CCOCC3)ccc12. The number of amides is 1. The van der Waals surface area contributed by atoms with Crippen LogP contribution < -0.4 is 10.1 Å².